The van der Waals surface area contributed by atoms with E-state index in [4.69, 9.17) is 4.74 Å². The Labute approximate surface area is 71.9 Å². The predicted molar refractivity (Wildman–Crippen MR) is 43.9 cm³/mol. The van der Waals surface area contributed by atoms with E-state index in [1.807, 2.05) is 18.7 Å². The molecule has 1 N–H and O–H groups in total. The van der Waals surface area contributed by atoms with Gasteiger partial charge >= 0.3 is 6.09 Å². The van der Waals surface area contributed by atoms with Crippen molar-refractivity contribution in [1.82, 2.24) is 10.2 Å². The molecule has 0 bridgehead atoms. The van der Waals surface area contributed by atoms with Gasteiger partial charge in [0, 0.05) is 19.6 Å². The molecule has 1 atom stereocenters. The van der Waals surface area contributed by atoms with Crippen LogP contribution < -0.4 is 5.32 Å². The summed E-state index contributed by atoms with van der Waals surface area (Å²) in [5, 5.41) is 3.26. The van der Waals surface area contributed by atoms with Crippen molar-refractivity contribution in [2.24, 2.45) is 0 Å². The van der Waals surface area contributed by atoms with Gasteiger partial charge in [-0.2, -0.15) is 0 Å². The summed E-state index contributed by atoms with van der Waals surface area (Å²) in [6.07, 6.45) is -0.161. The largest absolute Gasteiger partial charge is 0.441 e. The van der Waals surface area contributed by atoms with Gasteiger partial charge in [-0.15, -0.1) is 0 Å². The maximum atomic E-state index is 11.3. The monoisotopic (exact) mass is 170 g/mol. The molecule has 2 saturated heterocycles. The quantitative estimate of drug-likeness (QED) is 0.564. The highest BCUT2D eigenvalue weighted by molar-refractivity contribution is 5.71. The number of fused-ring (bicyclic) bond motifs is 1. The number of rotatable bonds is 0. The zero-order chi connectivity index (χ0) is 8.77. The summed E-state index contributed by atoms with van der Waals surface area (Å²) in [6, 6.07) is 0.207. The number of amides is 1. The Hall–Kier alpha value is -0.770. The van der Waals surface area contributed by atoms with Crippen molar-refractivity contribution in [1.29, 1.82) is 0 Å². The van der Waals surface area contributed by atoms with Gasteiger partial charge in [-0.05, 0) is 13.8 Å². The Morgan fingerprint density at radius 2 is 2.42 bits per heavy atom. The highest BCUT2D eigenvalue weighted by atomic mass is 16.6. The topological polar surface area (TPSA) is 41.6 Å². The van der Waals surface area contributed by atoms with Crippen LogP contribution in [0.3, 0.4) is 0 Å². The molecular formula is C8H14N2O2. The van der Waals surface area contributed by atoms with Gasteiger partial charge in [-0.1, -0.05) is 0 Å². The molecule has 0 aromatic heterocycles. The smallest absolute Gasteiger partial charge is 0.410 e. The number of ether oxygens (including phenoxy) is 1. The highest BCUT2D eigenvalue weighted by Gasteiger charge is 2.48. The van der Waals surface area contributed by atoms with E-state index >= 15 is 0 Å². The van der Waals surface area contributed by atoms with Gasteiger partial charge in [-0.3, -0.25) is 4.90 Å². The zero-order valence-electron chi connectivity index (χ0n) is 7.46. The standard InChI is InChI=1S/C8H14N2O2/c1-8(2)6-5-9-3-4-10(6)7(11)12-8/h6,9H,3-5H2,1-2H3/t6-/m1/s1. The molecule has 2 heterocycles. The molecule has 2 fully saturated rings. The van der Waals surface area contributed by atoms with E-state index in [-0.39, 0.29) is 17.7 Å². The lowest BCUT2D eigenvalue weighted by Gasteiger charge is -2.32. The second-order valence-corrected chi connectivity index (χ2v) is 3.88. The molecule has 2 aliphatic rings. The van der Waals surface area contributed by atoms with Crippen LogP contribution in [0.1, 0.15) is 13.8 Å². The Morgan fingerprint density at radius 3 is 3.08 bits per heavy atom. The first-order valence-corrected chi connectivity index (χ1v) is 4.31. The van der Waals surface area contributed by atoms with E-state index < -0.39 is 0 Å². The van der Waals surface area contributed by atoms with Crippen molar-refractivity contribution in [3.63, 3.8) is 0 Å². The molecule has 2 rings (SSSR count). The molecule has 4 heteroatoms. The minimum atomic E-state index is -0.329. The fraction of sp³-hybridized carbons (Fsp3) is 0.875. The van der Waals surface area contributed by atoms with Gasteiger partial charge in [-0.25, -0.2) is 4.79 Å². The minimum Gasteiger partial charge on any atom is -0.441 e. The SMILES string of the molecule is CC1(C)OC(=O)N2CCNC[C@@H]21. The fourth-order valence-electron chi connectivity index (χ4n) is 1.90. The lowest BCUT2D eigenvalue weighted by molar-refractivity contribution is 0.0660. The fourth-order valence-corrected chi connectivity index (χ4v) is 1.90. The highest BCUT2D eigenvalue weighted by Crippen LogP contribution is 2.29. The van der Waals surface area contributed by atoms with E-state index in [1.54, 1.807) is 0 Å². The van der Waals surface area contributed by atoms with Crippen LogP contribution in [0.25, 0.3) is 0 Å². The van der Waals surface area contributed by atoms with Crippen LogP contribution in [-0.4, -0.2) is 42.3 Å². The normalized spacial score (nSPS) is 33.0. The minimum absolute atomic E-state index is 0.161. The van der Waals surface area contributed by atoms with Gasteiger partial charge < -0.3 is 10.1 Å². The van der Waals surface area contributed by atoms with E-state index in [9.17, 15) is 4.79 Å². The third-order valence-corrected chi connectivity index (χ3v) is 2.63. The van der Waals surface area contributed by atoms with Crippen molar-refractivity contribution < 1.29 is 9.53 Å². The van der Waals surface area contributed by atoms with Crippen LogP contribution in [0.5, 0.6) is 0 Å². The number of piperazine rings is 1. The molecule has 1 amide bonds. The molecule has 0 aromatic rings. The Morgan fingerprint density at radius 1 is 1.67 bits per heavy atom. The van der Waals surface area contributed by atoms with E-state index in [1.165, 1.54) is 0 Å². The summed E-state index contributed by atoms with van der Waals surface area (Å²) >= 11 is 0. The number of cyclic esters (lactones) is 1. The van der Waals surface area contributed by atoms with Crippen LogP contribution in [0.2, 0.25) is 0 Å². The molecule has 2 aliphatic heterocycles. The molecular weight excluding hydrogens is 156 g/mol. The summed E-state index contributed by atoms with van der Waals surface area (Å²) < 4.78 is 5.24. The van der Waals surface area contributed by atoms with Crippen molar-refractivity contribution in [2.75, 3.05) is 19.6 Å². The maximum absolute atomic E-state index is 11.3. The molecule has 0 aromatic carbocycles. The third kappa shape index (κ3) is 0.982. The summed E-state index contributed by atoms with van der Waals surface area (Å²) in [6.45, 7) is 6.42. The summed E-state index contributed by atoms with van der Waals surface area (Å²) in [7, 11) is 0. The second kappa shape index (κ2) is 2.36. The van der Waals surface area contributed by atoms with Crippen LogP contribution in [-0.2, 0) is 4.74 Å². The zero-order valence-corrected chi connectivity index (χ0v) is 7.46. The third-order valence-electron chi connectivity index (χ3n) is 2.63. The van der Waals surface area contributed by atoms with Crippen LogP contribution in [0.4, 0.5) is 4.79 Å². The first kappa shape index (κ1) is 7.86. The number of nitrogens with zero attached hydrogens (tertiary/aromatic N) is 1. The van der Waals surface area contributed by atoms with Crippen molar-refractivity contribution in [2.45, 2.75) is 25.5 Å². The number of carbonyl (C=O) groups is 1. The van der Waals surface area contributed by atoms with Gasteiger partial charge in [0.15, 0.2) is 0 Å². The average molecular weight is 170 g/mol. The molecule has 0 aliphatic carbocycles. The number of hydrogen-bond acceptors (Lipinski definition) is 3. The molecule has 0 radical (unpaired) electrons. The lowest BCUT2D eigenvalue weighted by atomic mass is 9.97. The summed E-state index contributed by atoms with van der Waals surface area (Å²) in [4.78, 5) is 13.1. The van der Waals surface area contributed by atoms with Crippen LogP contribution in [0, 0.1) is 0 Å². The lowest BCUT2D eigenvalue weighted by Crippen LogP contribution is -2.54. The van der Waals surface area contributed by atoms with Gasteiger partial charge in [0.25, 0.3) is 0 Å². The number of carbonyl (C=O) groups excluding carboxylic acids is 1. The summed E-state index contributed by atoms with van der Waals surface area (Å²) in [5.74, 6) is 0. The average Bonchev–Trinajstić information content (AvgIpc) is 2.25. The van der Waals surface area contributed by atoms with Gasteiger partial charge in [0.1, 0.15) is 5.60 Å². The summed E-state index contributed by atoms with van der Waals surface area (Å²) in [5.41, 5.74) is -0.329. The van der Waals surface area contributed by atoms with E-state index in [2.05, 4.69) is 5.32 Å². The maximum Gasteiger partial charge on any atom is 0.410 e. The molecule has 0 unspecified atom stereocenters. The number of hydrogen-bond donors (Lipinski definition) is 1. The number of nitrogens with one attached hydrogen (secondary N) is 1. The van der Waals surface area contributed by atoms with Gasteiger partial charge in [0.05, 0.1) is 6.04 Å². The second-order valence-electron chi connectivity index (χ2n) is 3.88. The van der Waals surface area contributed by atoms with Crippen LogP contribution >= 0.6 is 0 Å². The molecule has 68 valence electrons. The van der Waals surface area contributed by atoms with Crippen molar-refractivity contribution >= 4 is 6.09 Å². The molecule has 4 nitrogen and oxygen atoms in total. The van der Waals surface area contributed by atoms with E-state index in [0.717, 1.165) is 19.6 Å². The van der Waals surface area contributed by atoms with E-state index in [0.29, 0.717) is 0 Å². The first-order chi connectivity index (χ1) is 5.61. The van der Waals surface area contributed by atoms with Crippen molar-refractivity contribution in [3.8, 4) is 0 Å². The Kier molecular flexibility index (Phi) is 1.54. The van der Waals surface area contributed by atoms with Crippen LogP contribution in [0.15, 0.2) is 0 Å². The Balaban J connectivity index is 2.22. The predicted octanol–water partition coefficient (Wildman–Crippen LogP) is 0.189. The van der Waals surface area contributed by atoms with Crippen molar-refractivity contribution in [3.05, 3.63) is 0 Å². The first-order valence-electron chi connectivity index (χ1n) is 4.31. The molecule has 12 heavy (non-hydrogen) atoms. The Bertz CT molecular complexity index is 215. The van der Waals surface area contributed by atoms with Gasteiger partial charge in [0.2, 0.25) is 0 Å². The molecule has 0 spiro atoms. The molecule has 0 saturated carbocycles.